The molecule has 0 aromatic heterocycles. The van der Waals surface area contributed by atoms with E-state index in [1.165, 1.54) is 52.3 Å². The van der Waals surface area contributed by atoms with Crippen molar-refractivity contribution in [3.63, 3.8) is 0 Å². The van der Waals surface area contributed by atoms with E-state index in [-0.39, 0.29) is 0 Å². The topological polar surface area (TPSA) is 44.8 Å². The maximum absolute atomic E-state index is 12.0. The number of carbonyl (C=O) groups excluding carboxylic acids is 1. The molecule has 0 amide bonds. The van der Waals surface area contributed by atoms with E-state index in [0.717, 1.165) is 29.8 Å². The van der Waals surface area contributed by atoms with Crippen LogP contribution in [0.5, 0.6) is 0 Å². The van der Waals surface area contributed by atoms with E-state index in [4.69, 9.17) is 28.6 Å². The van der Waals surface area contributed by atoms with Crippen LogP contribution in [0.2, 0.25) is 5.02 Å². The van der Waals surface area contributed by atoms with E-state index in [1.807, 2.05) is 6.07 Å². The summed E-state index contributed by atoms with van der Waals surface area (Å²) in [6.07, 6.45) is 10.3. The standard InChI is InChI=1S/C24H30ClN3O2S/c1-30-23(29)19-13-18(7-8-20(19)25)26-24(31)28-10-4-5-15-11-16-12-17(22(15)28)14-27-9-3-2-6-21(16)27/h7-8,11,13,16-17,21-22H,2-6,9-10,12,14H2,1H3,(H,26,31)/t16-,17-,21-,22-/m1/s1. The molecule has 0 unspecified atom stereocenters. The van der Waals surface area contributed by atoms with Crippen molar-refractivity contribution in [2.24, 2.45) is 11.8 Å². The Morgan fingerprint density at radius 1 is 1.26 bits per heavy atom. The van der Waals surface area contributed by atoms with Crippen molar-refractivity contribution >= 4 is 40.6 Å². The Morgan fingerprint density at radius 2 is 2.13 bits per heavy atom. The Bertz CT molecular complexity index is 920. The summed E-state index contributed by atoms with van der Waals surface area (Å²) in [7, 11) is 1.36. The largest absolute Gasteiger partial charge is 0.465 e. The van der Waals surface area contributed by atoms with E-state index in [2.05, 4.69) is 21.2 Å². The van der Waals surface area contributed by atoms with Crippen molar-refractivity contribution in [2.75, 3.05) is 32.1 Å². The van der Waals surface area contributed by atoms with Crippen molar-refractivity contribution < 1.29 is 9.53 Å². The van der Waals surface area contributed by atoms with Gasteiger partial charge in [-0.05, 0) is 80.9 Å². The summed E-state index contributed by atoms with van der Waals surface area (Å²) in [4.78, 5) is 17.1. The van der Waals surface area contributed by atoms with Crippen LogP contribution >= 0.6 is 23.8 Å². The lowest BCUT2D eigenvalue weighted by Gasteiger charge is -2.55. The Kier molecular flexibility index (Phi) is 5.97. The van der Waals surface area contributed by atoms with Crippen LogP contribution in [0, 0.1) is 11.8 Å². The molecule has 0 radical (unpaired) electrons. The summed E-state index contributed by atoms with van der Waals surface area (Å²) < 4.78 is 4.85. The van der Waals surface area contributed by atoms with E-state index < -0.39 is 5.97 Å². The number of benzene rings is 1. The number of thiocarbonyl (C=S) groups is 1. The lowest BCUT2D eigenvalue weighted by atomic mass is 9.68. The molecular formula is C24H30ClN3O2S. The van der Waals surface area contributed by atoms with Gasteiger partial charge in [-0.1, -0.05) is 29.7 Å². The molecule has 0 spiro atoms. The average molecular weight is 460 g/mol. The van der Waals surface area contributed by atoms with Crippen LogP contribution < -0.4 is 5.32 Å². The van der Waals surface area contributed by atoms with Crippen molar-refractivity contribution in [1.29, 1.82) is 0 Å². The molecule has 7 heteroatoms. The molecule has 3 saturated heterocycles. The Labute approximate surface area is 194 Å². The predicted octanol–water partition coefficient (Wildman–Crippen LogP) is 4.72. The van der Waals surface area contributed by atoms with Gasteiger partial charge in [0.2, 0.25) is 0 Å². The molecule has 31 heavy (non-hydrogen) atoms. The fourth-order valence-electron chi connectivity index (χ4n) is 6.27. The molecule has 1 aromatic carbocycles. The molecule has 3 fully saturated rings. The highest BCUT2D eigenvalue weighted by Crippen LogP contribution is 2.45. The maximum atomic E-state index is 12.0. The molecule has 5 nitrogen and oxygen atoms in total. The number of hydrogen-bond acceptors (Lipinski definition) is 4. The fraction of sp³-hybridized carbons (Fsp3) is 0.583. The first-order chi connectivity index (χ1) is 15.0. The lowest BCUT2D eigenvalue weighted by Crippen LogP contribution is -2.60. The zero-order valence-electron chi connectivity index (χ0n) is 18.0. The predicted molar refractivity (Wildman–Crippen MR) is 128 cm³/mol. The normalized spacial score (nSPS) is 30.0. The minimum absolute atomic E-state index is 0.347. The van der Waals surface area contributed by atoms with Gasteiger partial charge in [0.1, 0.15) is 0 Å². The van der Waals surface area contributed by atoms with Crippen LogP contribution in [-0.2, 0) is 4.74 Å². The second-order valence-electron chi connectivity index (χ2n) is 9.32. The summed E-state index contributed by atoms with van der Waals surface area (Å²) in [5.41, 5.74) is 2.70. The number of halogens is 1. The number of methoxy groups -OCH3 is 1. The van der Waals surface area contributed by atoms with Gasteiger partial charge in [0.05, 0.1) is 23.7 Å². The highest BCUT2D eigenvalue weighted by atomic mass is 35.5. The van der Waals surface area contributed by atoms with E-state index in [9.17, 15) is 4.79 Å². The van der Waals surface area contributed by atoms with Gasteiger partial charge < -0.3 is 15.0 Å². The van der Waals surface area contributed by atoms with Crippen molar-refractivity contribution in [3.8, 4) is 0 Å². The molecule has 4 atom stereocenters. The zero-order chi connectivity index (χ0) is 21.5. The third-order valence-electron chi connectivity index (χ3n) is 7.54. The second kappa shape index (κ2) is 8.72. The molecule has 2 bridgehead atoms. The Balaban J connectivity index is 1.37. The molecule has 1 N–H and O–H groups in total. The Morgan fingerprint density at radius 3 is 2.97 bits per heavy atom. The van der Waals surface area contributed by atoms with Crippen molar-refractivity contribution in [2.45, 2.75) is 50.6 Å². The molecule has 5 rings (SSSR count). The molecule has 166 valence electrons. The molecule has 4 aliphatic rings. The maximum Gasteiger partial charge on any atom is 0.339 e. The summed E-state index contributed by atoms with van der Waals surface area (Å²) in [6.45, 7) is 3.41. The first-order valence-corrected chi connectivity index (χ1v) is 12.2. The molecular weight excluding hydrogens is 430 g/mol. The fourth-order valence-corrected chi connectivity index (χ4v) is 6.78. The third kappa shape index (κ3) is 3.98. The second-order valence-corrected chi connectivity index (χ2v) is 10.1. The summed E-state index contributed by atoms with van der Waals surface area (Å²) in [6, 6.07) is 6.43. The molecule has 0 saturated carbocycles. The van der Waals surface area contributed by atoms with Gasteiger partial charge in [-0.2, -0.15) is 0 Å². The van der Waals surface area contributed by atoms with Gasteiger partial charge in [-0.3, -0.25) is 4.90 Å². The van der Waals surface area contributed by atoms with E-state index in [0.29, 0.717) is 28.5 Å². The average Bonchev–Trinajstić information content (AvgIpc) is 2.79. The number of fused-ring (bicyclic) bond motifs is 6. The quantitative estimate of drug-likeness (QED) is 0.392. The van der Waals surface area contributed by atoms with Crippen LogP contribution in [0.1, 0.15) is 48.9 Å². The van der Waals surface area contributed by atoms with Gasteiger partial charge in [0, 0.05) is 24.8 Å². The van der Waals surface area contributed by atoms with Crippen molar-refractivity contribution in [3.05, 3.63) is 40.4 Å². The summed E-state index contributed by atoms with van der Waals surface area (Å²) in [5.74, 6) is 0.903. The van der Waals surface area contributed by atoms with Gasteiger partial charge >= 0.3 is 5.97 Å². The smallest absolute Gasteiger partial charge is 0.339 e. The SMILES string of the molecule is COC(=O)c1cc(NC(=S)N2CCCC3=C[C@@H]4C[C@H](CN5CCCC[C@H]45)[C@@H]32)ccc1Cl. The number of nitrogens with zero attached hydrogens (tertiary/aromatic N) is 2. The number of esters is 1. The van der Waals surface area contributed by atoms with Gasteiger partial charge in [-0.25, -0.2) is 4.79 Å². The van der Waals surface area contributed by atoms with Crippen LogP contribution in [0.15, 0.2) is 29.8 Å². The van der Waals surface area contributed by atoms with Crippen LogP contribution in [0.4, 0.5) is 5.69 Å². The van der Waals surface area contributed by atoms with Crippen LogP contribution in [0.3, 0.4) is 0 Å². The number of piperidine rings is 3. The zero-order valence-corrected chi connectivity index (χ0v) is 19.6. The highest BCUT2D eigenvalue weighted by molar-refractivity contribution is 7.80. The highest BCUT2D eigenvalue weighted by Gasteiger charge is 2.46. The molecule has 3 heterocycles. The first-order valence-electron chi connectivity index (χ1n) is 11.5. The number of ether oxygens (including phenoxy) is 1. The number of nitrogens with one attached hydrogen (secondary N) is 1. The van der Waals surface area contributed by atoms with Gasteiger partial charge in [0.15, 0.2) is 5.11 Å². The van der Waals surface area contributed by atoms with Crippen molar-refractivity contribution in [1.82, 2.24) is 9.80 Å². The van der Waals surface area contributed by atoms with Crippen LogP contribution in [-0.4, -0.2) is 59.7 Å². The first kappa shape index (κ1) is 21.2. The van der Waals surface area contributed by atoms with Crippen LogP contribution in [0.25, 0.3) is 0 Å². The van der Waals surface area contributed by atoms with E-state index >= 15 is 0 Å². The molecule has 1 aliphatic carbocycles. The van der Waals surface area contributed by atoms with Gasteiger partial charge in [0.25, 0.3) is 0 Å². The minimum Gasteiger partial charge on any atom is -0.465 e. The number of anilines is 1. The number of hydrogen-bond donors (Lipinski definition) is 1. The van der Waals surface area contributed by atoms with Gasteiger partial charge in [-0.15, -0.1) is 0 Å². The summed E-state index contributed by atoms with van der Waals surface area (Å²) in [5, 5.41) is 4.48. The lowest BCUT2D eigenvalue weighted by molar-refractivity contribution is 0.0132. The number of likely N-dealkylation sites (tertiary alicyclic amines) is 1. The number of rotatable bonds is 2. The number of carbonyl (C=O) groups is 1. The monoisotopic (exact) mass is 459 g/mol. The summed E-state index contributed by atoms with van der Waals surface area (Å²) >= 11 is 12.1. The third-order valence-corrected chi connectivity index (χ3v) is 8.21. The van der Waals surface area contributed by atoms with E-state index in [1.54, 1.807) is 17.7 Å². The molecule has 1 aromatic rings. The molecule has 3 aliphatic heterocycles. The Hall–Kier alpha value is -1.63. The minimum atomic E-state index is -0.445.